The summed E-state index contributed by atoms with van der Waals surface area (Å²) in [5, 5.41) is 0. The number of nitrogens with zero attached hydrogens (tertiary/aromatic N) is 4. The van der Waals surface area contributed by atoms with Crippen LogP contribution in [0, 0.1) is 0 Å². The second-order valence-corrected chi connectivity index (χ2v) is 7.78. The third kappa shape index (κ3) is 2.92. The van der Waals surface area contributed by atoms with Crippen LogP contribution in [0.4, 0.5) is 4.79 Å². The highest BCUT2D eigenvalue weighted by Crippen LogP contribution is 2.35. The Bertz CT molecular complexity index is 760. The first-order valence-electron chi connectivity index (χ1n) is 9.59. The maximum Gasteiger partial charge on any atom is 0.327 e. The molecule has 4 heterocycles. The van der Waals surface area contributed by atoms with Crippen molar-refractivity contribution in [2.45, 2.75) is 37.8 Å². The molecule has 0 unspecified atom stereocenters. The molecule has 3 saturated heterocycles. The lowest BCUT2D eigenvalue weighted by Gasteiger charge is -2.40. The molecule has 3 fully saturated rings. The molecule has 0 N–H and O–H groups in total. The number of imide groups is 1. The minimum atomic E-state index is -0.813. The highest BCUT2D eigenvalue weighted by atomic mass is 16.4. The monoisotopic (exact) mass is 374 g/mol. The van der Waals surface area contributed by atoms with E-state index >= 15 is 0 Å². The van der Waals surface area contributed by atoms with Crippen LogP contribution in [0.15, 0.2) is 16.5 Å². The van der Waals surface area contributed by atoms with E-state index in [1.54, 1.807) is 18.0 Å². The molecule has 3 aliphatic heterocycles. The number of amides is 4. The van der Waals surface area contributed by atoms with Gasteiger partial charge in [0.25, 0.3) is 11.8 Å². The molecule has 8 nitrogen and oxygen atoms in total. The summed E-state index contributed by atoms with van der Waals surface area (Å²) in [5.41, 5.74) is -0.813. The lowest BCUT2D eigenvalue weighted by molar-refractivity contribution is -0.134. The number of carbonyl (C=O) groups is 3. The molecule has 1 aromatic heterocycles. The molecule has 1 spiro atoms. The van der Waals surface area contributed by atoms with Gasteiger partial charge in [0.05, 0.1) is 6.54 Å². The van der Waals surface area contributed by atoms with Gasteiger partial charge in [-0.15, -0.1) is 0 Å². The quantitative estimate of drug-likeness (QED) is 0.747. The Balaban J connectivity index is 1.40. The van der Waals surface area contributed by atoms with Crippen LogP contribution in [0.25, 0.3) is 0 Å². The van der Waals surface area contributed by atoms with E-state index in [-0.39, 0.29) is 17.8 Å². The fraction of sp³-hybridized carbons (Fsp3) is 0.632. The Hall–Kier alpha value is -2.35. The number of urea groups is 1. The lowest BCUT2D eigenvalue weighted by Crippen LogP contribution is -2.56. The molecule has 0 radical (unpaired) electrons. The third-order valence-electron chi connectivity index (χ3n) is 6.25. The number of likely N-dealkylation sites (N-methyl/N-ethyl adjacent to an activating group) is 2. The van der Waals surface area contributed by atoms with Gasteiger partial charge in [-0.3, -0.25) is 19.4 Å². The predicted molar refractivity (Wildman–Crippen MR) is 97.0 cm³/mol. The summed E-state index contributed by atoms with van der Waals surface area (Å²) in [5.74, 6) is 0.837. The average Bonchev–Trinajstić information content (AvgIpc) is 3.40. The molecule has 27 heavy (non-hydrogen) atoms. The van der Waals surface area contributed by atoms with E-state index in [1.165, 1.54) is 29.7 Å². The summed E-state index contributed by atoms with van der Waals surface area (Å²) in [6.07, 6.45) is 3.33. The van der Waals surface area contributed by atoms with Crippen LogP contribution in [0.5, 0.6) is 0 Å². The molecule has 8 heteroatoms. The molecule has 146 valence electrons. The van der Waals surface area contributed by atoms with Gasteiger partial charge in [-0.1, -0.05) is 0 Å². The summed E-state index contributed by atoms with van der Waals surface area (Å²) < 4.78 is 5.78. The largest absolute Gasteiger partial charge is 0.455 e. The summed E-state index contributed by atoms with van der Waals surface area (Å²) in [7, 11) is 3.18. The Morgan fingerprint density at radius 3 is 2.33 bits per heavy atom. The van der Waals surface area contributed by atoms with Crippen LogP contribution < -0.4 is 0 Å². The summed E-state index contributed by atoms with van der Waals surface area (Å²) >= 11 is 0. The predicted octanol–water partition coefficient (Wildman–Crippen LogP) is 1.37. The second kappa shape index (κ2) is 6.67. The van der Waals surface area contributed by atoms with Gasteiger partial charge in [0.2, 0.25) is 0 Å². The molecule has 4 rings (SSSR count). The zero-order valence-electron chi connectivity index (χ0n) is 15.9. The van der Waals surface area contributed by atoms with E-state index in [2.05, 4.69) is 4.90 Å². The van der Waals surface area contributed by atoms with Gasteiger partial charge in [0, 0.05) is 27.2 Å². The van der Waals surface area contributed by atoms with Gasteiger partial charge in [-0.2, -0.15) is 0 Å². The normalized spacial score (nSPS) is 23.1. The highest BCUT2D eigenvalue weighted by Gasteiger charge is 2.55. The molecule has 0 bridgehead atoms. The molecule has 3 aliphatic rings. The number of rotatable bonds is 3. The maximum atomic E-state index is 12.8. The lowest BCUT2D eigenvalue weighted by atomic mass is 9.86. The van der Waals surface area contributed by atoms with Crippen LogP contribution >= 0.6 is 0 Å². The molecule has 0 aliphatic carbocycles. The number of furan rings is 1. The van der Waals surface area contributed by atoms with E-state index < -0.39 is 5.54 Å². The van der Waals surface area contributed by atoms with Crippen LogP contribution in [0.1, 0.15) is 42.0 Å². The van der Waals surface area contributed by atoms with E-state index in [9.17, 15) is 14.4 Å². The standard InChI is InChI=1S/C19H26N4O4/c1-20-17(25)19(21(2)18(20)26)7-11-23(12-8-19)16(24)15-6-5-14(27-15)13-22-9-3-4-10-22/h5-6H,3-4,7-13H2,1-2H3. The van der Waals surface area contributed by atoms with Crippen molar-refractivity contribution in [1.82, 2.24) is 19.6 Å². The van der Waals surface area contributed by atoms with Crippen molar-refractivity contribution in [3.63, 3.8) is 0 Å². The van der Waals surface area contributed by atoms with E-state index in [4.69, 9.17) is 4.42 Å². The van der Waals surface area contributed by atoms with Gasteiger partial charge in [-0.05, 0) is 50.9 Å². The van der Waals surface area contributed by atoms with Gasteiger partial charge >= 0.3 is 6.03 Å². The Labute approximate surface area is 158 Å². The zero-order chi connectivity index (χ0) is 19.2. The fourth-order valence-corrected chi connectivity index (χ4v) is 4.47. The topological polar surface area (TPSA) is 77.3 Å². The minimum absolute atomic E-state index is 0.148. The summed E-state index contributed by atoms with van der Waals surface area (Å²) in [6.45, 7) is 3.75. The summed E-state index contributed by atoms with van der Waals surface area (Å²) in [4.78, 5) is 44.2. The smallest absolute Gasteiger partial charge is 0.327 e. The Morgan fingerprint density at radius 1 is 1.07 bits per heavy atom. The van der Waals surface area contributed by atoms with Crippen molar-refractivity contribution in [3.8, 4) is 0 Å². The van der Waals surface area contributed by atoms with Crippen molar-refractivity contribution in [3.05, 3.63) is 23.7 Å². The number of hydrogen-bond acceptors (Lipinski definition) is 5. The maximum absolute atomic E-state index is 12.8. The molecule has 4 amide bonds. The van der Waals surface area contributed by atoms with Gasteiger partial charge in [0.15, 0.2) is 5.76 Å². The fourth-order valence-electron chi connectivity index (χ4n) is 4.47. The molecule has 0 aromatic carbocycles. The van der Waals surface area contributed by atoms with Gasteiger partial charge < -0.3 is 14.2 Å². The molecule has 0 atom stereocenters. The highest BCUT2D eigenvalue weighted by molar-refractivity contribution is 6.06. The Morgan fingerprint density at radius 2 is 1.74 bits per heavy atom. The average molecular weight is 374 g/mol. The molecular formula is C19H26N4O4. The summed E-state index contributed by atoms with van der Waals surface area (Å²) in [6, 6.07) is 3.33. The van der Waals surface area contributed by atoms with Gasteiger partial charge in [0.1, 0.15) is 11.3 Å². The number of hydrogen-bond donors (Lipinski definition) is 0. The number of carbonyl (C=O) groups excluding carboxylic acids is 3. The molecular weight excluding hydrogens is 348 g/mol. The number of piperidine rings is 1. The van der Waals surface area contributed by atoms with Gasteiger partial charge in [-0.25, -0.2) is 4.79 Å². The van der Waals surface area contributed by atoms with E-state index in [1.807, 2.05) is 6.07 Å². The van der Waals surface area contributed by atoms with Crippen LogP contribution in [-0.4, -0.2) is 83.3 Å². The van der Waals surface area contributed by atoms with E-state index in [0.29, 0.717) is 31.7 Å². The Kier molecular flexibility index (Phi) is 4.46. The van der Waals surface area contributed by atoms with Crippen molar-refractivity contribution < 1.29 is 18.8 Å². The first-order chi connectivity index (χ1) is 12.9. The zero-order valence-corrected chi connectivity index (χ0v) is 15.9. The first kappa shape index (κ1) is 18.0. The van der Waals surface area contributed by atoms with Crippen molar-refractivity contribution in [2.24, 2.45) is 0 Å². The number of likely N-dealkylation sites (tertiary alicyclic amines) is 2. The minimum Gasteiger partial charge on any atom is -0.455 e. The second-order valence-electron chi connectivity index (χ2n) is 7.78. The first-order valence-corrected chi connectivity index (χ1v) is 9.59. The van der Waals surface area contributed by atoms with Crippen LogP contribution in [0.2, 0.25) is 0 Å². The van der Waals surface area contributed by atoms with Crippen LogP contribution in [-0.2, 0) is 11.3 Å². The third-order valence-corrected chi connectivity index (χ3v) is 6.25. The van der Waals surface area contributed by atoms with Crippen molar-refractivity contribution >= 4 is 17.8 Å². The van der Waals surface area contributed by atoms with Crippen molar-refractivity contribution in [2.75, 3.05) is 40.3 Å². The van der Waals surface area contributed by atoms with Crippen LogP contribution in [0.3, 0.4) is 0 Å². The SMILES string of the molecule is CN1C(=O)N(C)C2(CCN(C(=O)c3ccc(CN4CCCC4)o3)CC2)C1=O. The van der Waals surface area contributed by atoms with E-state index in [0.717, 1.165) is 25.4 Å². The molecule has 0 saturated carbocycles. The van der Waals surface area contributed by atoms with Crippen molar-refractivity contribution in [1.29, 1.82) is 0 Å². The molecule has 1 aromatic rings.